The molecule has 24 heavy (non-hydrogen) atoms. The Balaban J connectivity index is 1.73. The highest BCUT2D eigenvalue weighted by Crippen LogP contribution is 2.13. The van der Waals surface area contributed by atoms with Crippen LogP contribution in [0.25, 0.3) is 0 Å². The van der Waals surface area contributed by atoms with Gasteiger partial charge in [0, 0.05) is 23.3 Å². The largest absolute Gasteiger partial charge is 0.360 e. The molecule has 0 saturated heterocycles. The molecule has 0 atom stereocenters. The normalized spacial score (nSPS) is 10.4. The third-order valence-electron chi connectivity index (χ3n) is 3.13. The van der Waals surface area contributed by atoms with E-state index < -0.39 is 11.8 Å². The first-order valence-corrected chi connectivity index (χ1v) is 7.10. The average Bonchev–Trinajstić information content (AvgIpc) is 3.15. The molecular weight excluding hydrogens is 312 g/mol. The van der Waals surface area contributed by atoms with Crippen molar-refractivity contribution in [2.24, 2.45) is 0 Å². The van der Waals surface area contributed by atoms with E-state index in [0.29, 0.717) is 34.3 Å². The Kier molecular flexibility index (Phi) is 4.11. The fourth-order valence-corrected chi connectivity index (χ4v) is 2.03. The zero-order valence-corrected chi connectivity index (χ0v) is 13.0. The van der Waals surface area contributed by atoms with E-state index in [2.05, 4.69) is 20.9 Å². The maximum absolute atomic E-state index is 12.2. The van der Waals surface area contributed by atoms with E-state index in [4.69, 9.17) is 9.05 Å². The Morgan fingerprint density at radius 1 is 0.833 bits per heavy atom. The second kappa shape index (κ2) is 6.37. The molecule has 0 aliphatic rings. The molecule has 3 aromatic rings. The van der Waals surface area contributed by atoms with Crippen LogP contribution in [0.15, 0.2) is 45.4 Å². The average molecular weight is 326 g/mol. The van der Waals surface area contributed by atoms with Gasteiger partial charge >= 0.3 is 0 Å². The Hall–Kier alpha value is -3.42. The van der Waals surface area contributed by atoms with Crippen molar-refractivity contribution in [2.45, 2.75) is 13.8 Å². The highest BCUT2D eigenvalue weighted by molar-refractivity contribution is 6.08. The fourth-order valence-electron chi connectivity index (χ4n) is 2.03. The van der Waals surface area contributed by atoms with Crippen LogP contribution >= 0.6 is 0 Å². The number of aryl methyl sites for hydroxylation is 2. The van der Waals surface area contributed by atoms with Gasteiger partial charge < -0.3 is 19.7 Å². The van der Waals surface area contributed by atoms with Gasteiger partial charge in [-0.2, -0.15) is 0 Å². The van der Waals surface area contributed by atoms with Crippen LogP contribution in [0.3, 0.4) is 0 Å². The van der Waals surface area contributed by atoms with E-state index in [1.165, 1.54) is 6.07 Å². The highest BCUT2D eigenvalue weighted by Gasteiger charge is 2.13. The second-order valence-corrected chi connectivity index (χ2v) is 5.13. The van der Waals surface area contributed by atoms with E-state index >= 15 is 0 Å². The molecule has 8 heteroatoms. The van der Waals surface area contributed by atoms with Gasteiger partial charge in [-0.3, -0.25) is 9.59 Å². The summed E-state index contributed by atoms with van der Waals surface area (Å²) in [6.45, 7) is 3.44. The van der Waals surface area contributed by atoms with Crippen molar-refractivity contribution < 1.29 is 18.6 Å². The summed E-state index contributed by atoms with van der Waals surface area (Å²) in [7, 11) is 0. The van der Waals surface area contributed by atoms with Crippen molar-refractivity contribution in [3.63, 3.8) is 0 Å². The number of hydrogen-bond donors (Lipinski definition) is 2. The van der Waals surface area contributed by atoms with Gasteiger partial charge in [-0.05, 0) is 32.0 Å². The summed E-state index contributed by atoms with van der Waals surface area (Å²) >= 11 is 0. The molecule has 0 aliphatic heterocycles. The number of aromatic nitrogens is 2. The van der Waals surface area contributed by atoms with E-state index in [9.17, 15) is 9.59 Å². The number of hydrogen-bond acceptors (Lipinski definition) is 6. The Morgan fingerprint density at radius 2 is 1.29 bits per heavy atom. The molecule has 2 heterocycles. The minimum absolute atomic E-state index is 0.311. The quantitative estimate of drug-likeness (QED) is 0.763. The summed E-state index contributed by atoms with van der Waals surface area (Å²) in [4.78, 5) is 24.4. The minimum Gasteiger partial charge on any atom is -0.360 e. The zero-order valence-electron chi connectivity index (χ0n) is 13.0. The number of carbonyl (C=O) groups is 2. The third-order valence-corrected chi connectivity index (χ3v) is 3.13. The van der Waals surface area contributed by atoms with Gasteiger partial charge in [-0.15, -0.1) is 0 Å². The molecule has 122 valence electrons. The molecule has 0 fully saturated rings. The van der Waals surface area contributed by atoms with Gasteiger partial charge in [0.25, 0.3) is 11.8 Å². The van der Waals surface area contributed by atoms with Crippen molar-refractivity contribution in [3.8, 4) is 0 Å². The molecule has 2 aromatic heterocycles. The van der Waals surface area contributed by atoms with Crippen molar-refractivity contribution in [2.75, 3.05) is 10.6 Å². The monoisotopic (exact) mass is 326 g/mol. The first-order chi connectivity index (χ1) is 11.5. The molecule has 0 radical (unpaired) electrons. The van der Waals surface area contributed by atoms with Crippen LogP contribution in [0, 0.1) is 13.8 Å². The van der Waals surface area contributed by atoms with E-state index in [1.54, 1.807) is 44.2 Å². The van der Waals surface area contributed by atoms with E-state index in [1.807, 2.05) is 0 Å². The predicted molar refractivity (Wildman–Crippen MR) is 84.8 cm³/mol. The van der Waals surface area contributed by atoms with Crippen LogP contribution in [0.5, 0.6) is 0 Å². The lowest BCUT2D eigenvalue weighted by molar-refractivity contribution is 0.102. The smallest absolute Gasteiger partial charge is 0.256 e. The number of nitrogens with one attached hydrogen (secondary N) is 2. The maximum Gasteiger partial charge on any atom is 0.256 e. The summed E-state index contributed by atoms with van der Waals surface area (Å²) in [6.07, 6.45) is 0. The Labute approximate surface area is 136 Å². The summed E-state index contributed by atoms with van der Waals surface area (Å²) in [6, 6.07) is 9.48. The summed E-state index contributed by atoms with van der Waals surface area (Å²) in [5, 5.41) is 12.6. The highest BCUT2D eigenvalue weighted by atomic mass is 16.5. The molecular formula is C16H14N4O4. The molecule has 3 rings (SSSR count). The molecule has 0 spiro atoms. The first kappa shape index (κ1) is 15.5. The molecule has 8 nitrogen and oxygen atoms in total. The Bertz CT molecular complexity index is 827. The molecule has 1 aromatic carbocycles. The number of anilines is 2. The number of rotatable bonds is 4. The lowest BCUT2D eigenvalue weighted by Gasteiger charge is -2.05. The molecule has 2 N–H and O–H groups in total. The van der Waals surface area contributed by atoms with Crippen LogP contribution in [0.4, 0.5) is 11.6 Å². The summed E-state index contributed by atoms with van der Waals surface area (Å²) < 4.78 is 9.77. The van der Waals surface area contributed by atoms with Gasteiger partial charge in [0.05, 0.1) is 0 Å². The van der Waals surface area contributed by atoms with Crippen molar-refractivity contribution in [3.05, 3.63) is 59.0 Å². The van der Waals surface area contributed by atoms with Crippen molar-refractivity contribution in [1.29, 1.82) is 0 Å². The number of benzene rings is 1. The van der Waals surface area contributed by atoms with Crippen LogP contribution in [0.2, 0.25) is 0 Å². The minimum atomic E-state index is -0.393. The standard InChI is InChI=1S/C16H14N4O4/c1-9-6-13(19-23-9)17-15(21)11-4-3-5-12(8-11)16(22)18-14-7-10(2)24-20-14/h3-8H,1-2H3,(H,17,19,21)(H,18,20,22). The van der Waals surface area contributed by atoms with Crippen molar-refractivity contribution >= 4 is 23.5 Å². The van der Waals surface area contributed by atoms with Crippen molar-refractivity contribution in [1.82, 2.24) is 10.3 Å². The van der Waals surface area contributed by atoms with Gasteiger partial charge in [0.15, 0.2) is 11.6 Å². The van der Waals surface area contributed by atoms with E-state index in [-0.39, 0.29) is 0 Å². The number of nitrogens with zero attached hydrogens (tertiary/aromatic N) is 2. The molecule has 0 saturated carbocycles. The van der Waals surface area contributed by atoms with Crippen LogP contribution in [-0.2, 0) is 0 Å². The summed E-state index contributed by atoms with van der Waals surface area (Å²) in [5.41, 5.74) is 0.638. The first-order valence-electron chi connectivity index (χ1n) is 7.10. The third kappa shape index (κ3) is 3.49. The predicted octanol–water partition coefficient (Wildman–Crippen LogP) is 2.78. The van der Waals surface area contributed by atoms with Crippen LogP contribution in [0.1, 0.15) is 32.2 Å². The van der Waals surface area contributed by atoms with E-state index in [0.717, 1.165) is 0 Å². The van der Waals surface area contributed by atoms with Gasteiger partial charge in [0.1, 0.15) is 11.5 Å². The molecule has 0 bridgehead atoms. The fraction of sp³-hybridized carbons (Fsp3) is 0.125. The molecule has 0 unspecified atom stereocenters. The summed E-state index contributed by atoms with van der Waals surface area (Å²) in [5.74, 6) is 1.00. The zero-order chi connectivity index (χ0) is 17.1. The lowest BCUT2D eigenvalue weighted by atomic mass is 10.1. The molecule has 2 amide bonds. The van der Waals surface area contributed by atoms with Crippen LogP contribution < -0.4 is 10.6 Å². The van der Waals surface area contributed by atoms with Gasteiger partial charge in [-0.25, -0.2) is 0 Å². The SMILES string of the molecule is Cc1cc(NC(=O)c2cccc(C(=O)Nc3cc(C)on3)c2)no1. The molecule has 0 aliphatic carbocycles. The maximum atomic E-state index is 12.2. The van der Waals surface area contributed by atoms with Crippen LogP contribution in [-0.4, -0.2) is 22.1 Å². The lowest BCUT2D eigenvalue weighted by Crippen LogP contribution is -2.15. The number of carbonyl (C=O) groups excluding carboxylic acids is 2. The topological polar surface area (TPSA) is 110 Å². The van der Waals surface area contributed by atoms with Gasteiger partial charge in [-0.1, -0.05) is 16.4 Å². The Morgan fingerprint density at radius 3 is 1.67 bits per heavy atom. The second-order valence-electron chi connectivity index (χ2n) is 5.13. The van der Waals surface area contributed by atoms with Gasteiger partial charge in [0.2, 0.25) is 0 Å². The number of amides is 2.